The Morgan fingerprint density at radius 2 is 1.80 bits per heavy atom. The average molecular weight is 297 g/mol. The molecule has 0 saturated heterocycles. The van der Waals surface area contributed by atoms with E-state index in [9.17, 15) is 8.42 Å². The third-order valence-corrected chi connectivity index (χ3v) is 4.59. The predicted molar refractivity (Wildman–Crippen MR) is 85.9 cm³/mol. The van der Waals surface area contributed by atoms with Gasteiger partial charge in [-0.15, -0.1) is 0 Å². The third kappa shape index (κ3) is 6.53. The van der Waals surface area contributed by atoms with Gasteiger partial charge in [0.1, 0.15) is 9.84 Å². The fourth-order valence-corrected chi connectivity index (χ4v) is 3.20. The summed E-state index contributed by atoms with van der Waals surface area (Å²) in [6.07, 6.45) is 2.99. The molecule has 1 atom stereocenters. The molecule has 0 bridgehead atoms. The summed E-state index contributed by atoms with van der Waals surface area (Å²) in [6, 6.07) is 10.9. The Balaban J connectivity index is 2.40. The van der Waals surface area contributed by atoms with E-state index in [1.54, 1.807) is 0 Å². The van der Waals surface area contributed by atoms with Crippen molar-refractivity contribution in [2.45, 2.75) is 45.1 Å². The Kier molecular flexibility index (Phi) is 6.21. The number of rotatable bonds is 8. The first-order valence-electron chi connectivity index (χ1n) is 7.17. The van der Waals surface area contributed by atoms with Crippen LogP contribution in [0.25, 0.3) is 0 Å². The van der Waals surface area contributed by atoms with Gasteiger partial charge in [0.2, 0.25) is 0 Å². The molecule has 1 unspecified atom stereocenters. The highest BCUT2D eigenvalue weighted by Crippen LogP contribution is 2.27. The molecule has 0 radical (unpaired) electrons. The van der Waals surface area contributed by atoms with Crippen molar-refractivity contribution in [1.29, 1.82) is 0 Å². The molecule has 4 heteroatoms. The Hall–Kier alpha value is -0.870. The van der Waals surface area contributed by atoms with Crippen LogP contribution in [0.2, 0.25) is 0 Å². The van der Waals surface area contributed by atoms with Crippen LogP contribution in [0.5, 0.6) is 0 Å². The van der Waals surface area contributed by atoms with Gasteiger partial charge in [0.25, 0.3) is 0 Å². The van der Waals surface area contributed by atoms with Gasteiger partial charge < -0.3 is 5.32 Å². The summed E-state index contributed by atoms with van der Waals surface area (Å²) in [5.41, 5.74) is 1.45. The SMILES string of the molecule is CC(CC(C)(C)c1ccccc1)NCCCS(C)(=O)=O. The van der Waals surface area contributed by atoms with E-state index in [1.807, 2.05) is 6.07 Å². The summed E-state index contributed by atoms with van der Waals surface area (Å²) in [5.74, 6) is 0.259. The molecule has 0 aliphatic carbocycles. The van der Waals surface area contributed by atoms with Crippen LogP contribution in [0.15, 0.2) is 30.3 Å². The van der Waals surface area contributed by atoms with Gasteiger partial charge >= 0.3 is 0 Å². The highest BCUT2D eigenvalue weighted by Gasteiger charge is 2.22. The number of nitrogens with one attached hydrogen (secondary N) is 1. The zero-order valence-corrected chi connectivity index (χ0v) is 13.8. The van der Waals surface area contributed by atoms with Gasteiger partial charge in [0.05, 0.1) is 5.75 Å². The monoisotopic (exact) mass is 297 g/mol. The molecule has 3 nitrogen and oxygen atoms in total. The Morgan fingerprint density at radius 3 is 2.35 bits per heavy atom. The predicted octanol–water partition coefficient (Wildman–Crippen LogP) is 2.77. The Morgan fingerprint density at radius 1 is 1.20 bits per heavy atom. The standard InChI is InChI=1S/C16H27NO2S/c1-14(17-11-8-12-20(4,18)19)13-16(2,3)15-9-6-5-7-10-15/h5-7,9-10,14,17H,8,11-13H2,1-4H3. The highest BCUT2D eigenvalue weighted by atomic mass is 32.2. The van der Waals surface area contributed by atoms with E-state index < -0.39 is 9.84 Å². The first-order valence-corrected chi connectivity index (χ1v) is 9.23. The molecular formula is C16H27NO2S. The van der Waals surface area contributed by atoms with Crippen molar-refractivity contribution < 1.29 is 8.42 Å². The van der Waals surface area contributed by atoms with Crippen LogP contribution in [-0.4, -0.2) is 33.0 Å². The molecular weight excluding hydrogens is 270 g/mol. The molecule has 1 aromatic rings. The van der Waals surface area contributed by atoms with E-state index >= 15 is 0 Å². The second-order valence-corrected chi connectivity index (χ2v) is 8.55. The topological polar surface area (TPSA) is 46.2 Å². The van der Waals surface area contributed by atoms with Crippen LogP contribution < -0.4 is 5.32 Å². The van der Waals surface area contributed by atoms with Crippen LogP contribution in [-0.2, 0) is 15.3 Å². The van der Waals surface area contributed by atoms with Crippen LogP contribution in [0.3, 0.4) is 0 Å². The molecule has 0 spiro atoms. The number of hydrogen-bond donors (Lipinski definition) is 1. The van der Waals surface area contributed by atoms with Gasteiger partial charge in [0, 0.05) is 12.3 Å². The van der Waals surface area contributed by atoms with E-state index in [-0.39, 0.29) is 11.2 Å². The molecule has 20 heavy (non-hydrogen) atoms. The van der Waals surface area contributed by atoms with Crippen LogP contribution in [0.1, 0.15) is 39.2 Å². The number of benzene rings is 1. The molecule has 0 aromatic heterocycles. The molecule has 0 aliphatic rings. The molecule has 114 valence electrons. The van der Waals surface area contributed by atoms with Crippen molar-refractivity contribution in [2.24, 2.45) is 0 Å². The van der Waals surface area contributed by atoms with Gasteiger partial charge in [-0.2, -0.15) is 0 Å². The molecule has 0 fully saturated rings. The quantitative estimate of drug-likeness (QED) is 0.751. The van der Waals surface area contributed by atoms with Crippen molar-refractivity contribution in [3.8, 4) is 0 Å². The van der Waals surface area contributed by atoms with Crippen LogP contribution in [0, 0.1) is 0 Å². The largest absolute Gasteiger partial charge is 0.314 e. The minimum absolute atomic E-state index is 0.116. The van der Waals surface area contributed by atoms with Crippen molar-refractivity contribution in [1.82, 2.24) is 5.32 Å². The zero-order chi connectivity index (χ0) is 15.2. The summed E-state index contributed by atoms with van der Waals surface area (Å²) in [5, 5.41) is 3.42. The van der Waals surface area contributed by atoms with Crippen molar-refractivity contribution in [3.05, 3.63) is 35.9 Å². The smallest absolute Gasteiger partial charge is 0.147 e. The van der Waals surface area contributed by atoms with Gasteiger partial charge in [-0.1, -0.05) is 44.2 Å². The number of hydrogen-bond acceptors (Lipinski definition) is 3. The third-order valence-electron chi connectivity index (χ3n) is 3.56. The van der Waals surface area contributed by atoms with E-state index in [0.717, 1.165) is 13.0 Å². The fraction of sp³-hybridized carbons (Fsp3) is 0.625. The summed E-state index contributed by atoms with van der Waals surface area (Å²) < 4.78 is 22.1. The van der Waals surface area contributed by atoms with Crippen molar-refractivity contribution in [2.75, 3.05) is 18.6 Å². The molecule has 1 rings (SSSR count). The molecule has 0 heterocycles. The van der Waals surface area contributed by atoms with Crippen LogP contribution >= 0.6 is 0 Å². The fourth-order valence-electron chi connectivity index (χ4n) is 2.53. The first-order chi connectivity index (χ1) is 9.21. The summed E-state index contributed by atoms with van der Waals surface area (Å²) >= 11 is 0. The lowest BCUT2D eigenvalue weighted by atomic mass is 9.79. The normalized spacial score (nSPS) is 14.2. The summed E-state index contributed by atoms with van der Waals surface area (Å²) in [7, 11) is -2.84. The molecule has 1 N–H and O–H groups in total. The first kappa shape index (κ1) is 17.2. The minimum Gasteiger partial charge on any atom is -0.314 e. The second-order valence-electron chi connectivity index (χ2n) is 6.29. The minimum atomic E-state index is -2.84. The maximum atomic E-state index is 11.1. The van der Waals surface area contributed by atoms with Gasteiger partial charge in [-0.3, -0.25) is 0 Å². The van der Waals surface area contributed by atoms with E-state index in [0.29, 0.717) is 12.5 Å². The molecule has 0 aliphatic heterocycles. The second kappa shape index (κ2) is 7.23. The van der Waals surface area contributed by atoms with Gasteiger partial charge in [0.15, 0.2) is 0 Å². The average Bonchev–Trinajstić information content (AvgIpc) is 2.34. The lowest BCUT2D eigenvalue weighted by Crippen LogP contribution is -2.34. The Bertz CT molecular complexity index is 494. The van der Waals surface area contributed by atoms with E-state index in [4.69, 9.17) is 0 Å². The maximum Gasteiger partial charge on any atom is 0.147 e. The molecule has 0 saturated carbocycles. The van der Waals surface area contributed by atoms with Gasteiger partial charge in [-0.05, 0) is 37.3 Å². The molecule has 1 aromatic carbocycles. The summed E-state index contributed by atoms with van der Waals surface area (Å²) in [4.78, 5) is 0. The molecule has 0 amide bonds. The van der Waals surface area contributed by atoms with Gasteiger partial charge in [-0.25, -0.2) is 8.42 Å². The Labute approximate surface area is 123 Å². The maximum absolute atomic E-state index is 11.1. The lowest BCUT2D eigenvalue weighted by Gasteiger charge is -2.29. The van der Waals surface area contributed by atoms with E-state index in [2.05, 4.69) is 50.4 Å². The van der Waals surface area contributed by atoms with Crippen LogP contribution in [0.4, 0.5) is 0 Å². The van der Waals surface area contributed by atoms with Crippen molar-refractivity contribution in [3.63, 3.8) is 0 Å². The zero-order valence-electron chi connectivity index (χ0n) is 13.0. The number of sulfone groups is 1. The highest BCUT2D eigenvalue weighted by molar-refractivity contribution is 7.90. The van der Waals surface area contributed by atoms with Crippen molar-refractivity contribution >= 4 is 9.84 Å². The lowest BCUT2D eigenvalue weighted by molar-refractivity contribution is 0.389. The van der Waals surface area contributed by atoms with E-state index in [1.165, 1.54) is 11.8 Å². The summed E-state index contributed by atoms with van der Waals surface area (Å²) in [6.45, 7) is 7.40.